The Hall–Kier alpha value is -2.46. The van der Waals surface area contributed by atoms with Crippen LogP contribution in [0.15, 0.2) is 70.5 Å². The lowest BCUT2D eigenvalue weighted by atomic mass is 10.1. The molecule has 0 saturated carbocycles. The van der Waals surface area contributed by atoms with Crippen molar-refractivity contribution in [2.24, 2.45) is 0 Å². The number of amides is 1. The number of unbranched alkanes of at least 4 members (excludes halogenated alkanes) is 4. The number of carbonyl (C=O) groups is 1. The summed E-state index contributed by atoms with van der Waals surface area (Å²) >= 11 is 0. The van der Waals surface area contributed by atoms with E-state index in [4.69, 9.17) is 4.74 Å². The number of ether oxygens (including phenoxy) is 1. The van der Waals surface area contributed by atoms with Crippen LogP contribution in [-0.4, -0.2) is 38.9 Å². The molecule has 36 heavy (non-hydrogen) atoms. The number of sulfone groups is 2. The summed E-state index contributed by atoms with van der Waals surface area (Å²) < 4.78 is 73.7. The summed E-state index contributed by atoms with van der Waals surface area (Å²) in [4.78, 5) is 11.7. The minimum Gasteiger partial charge on any atom is -0.444 e. The monoisotopic (exact) mass is 541 g/mol. The molecule has 1 amide bonds. The van der Waals surface area contributed by atoms with Crippen molar-refractivity contribution in [2.75, 3.05) is 0 Å². The van der Waals surface area contributed by atoms with Crippen molar-refractivity contribution < 1.29 is 30.8 Å². The van der Waals surface area contributed by atoms with E-state index in [0.717, 1.165) is 43.5 Å². The van der Waals surface area contributed by atoms with Crippen LogP contribution in [0, 0.1) is 0 Å². The van der Waals surface area contributed by atoms with Crippen LogP contribution < -0.4 is 5.32 Å². The van der Waals surface area contributed by atoms with Crippen molar-refractivity contribution in [1.29, 1.82) is 0 Å². The predicted octanol–water partition coefficient (Wildman–Crippen LogP) is 5.81. The van der Waals surface area contributed by atoms with Crippen LogP contribution in [0.1, 0.15) is 66.2 Å². The lowest BCUT2D eigenvalue weighted by Gasteiger charge is -2.34. The van der Waals surface area contributed by atoms with Crippen LogP contribution in [0.5, 0.6) is 0 Å². The molecule has 0 heterocycles. The van der Waals surface area contributed by atoms with Gasteiger partial charge in [-0.3, -0.25) is 0 Å². The Morgan fingerprint density at radius 2 is 1.28 bits per heavy atom. The molecule has 7 nitrogen and oxygen atoms in total. The number of alkyl halides is 1. The fourth-order valence-corrected chi connectivity index (χ4v) is 8.28. The molecule has 1 N–H and O–H groups in total. The zero-order valence-electron chi connectivity index (χ0n) is 21.2. The average Bonchev–Trinajstić information content (AvgIpc) is 2.82. The standard InChI is InChI=1S/C26H36FNO6S2/c1-5-6-7-8-15-20-23(28-24(29)34-25(2,3)4)26(27,35(30,31)21-16-11-9-12-17-21)36(32,33)22-18-13-10-14-19-22/h9-14,16-19,23H,5-8,15,20H2,1-4H3,(H,28,29). The fraction of sp³-hybridized carbons (Fsp3) is 0.500. The average molecular weight is 542 g/mol. The smallest absolute Gasteiger partial charge is 0.408 e. The van der Waals surface area contributed by atoms with Gasteiger partial charge in [-0.25, -0.2) is 26.0 Å². The normalized spacial score (nSPS) is 13.7. The maximum Gasteiger partial charge on any atom is 0.408 e. The number of alkyl carbamates (subject to hydrolysis) is 1. The molecule has 0 aliphatic carbocycles. The van der Waals surface area contributed by atoms with Crippen LogP contribution in [0.4, 0.5) is 9.18 Å². The molecular formula is C26H36FNO6S2. The van der Waals surface area contributed by atoms with E-state index in [0.29, 0.717) is 12.8 Å². The summed E-state index contributed by atoms with van der Waals surface area (Å²) in [7, 11) is -10.3. The van der Waals surface area contributed by atoms with Gasteiger partial charge in [0, 0.05) is 0 Å². The molecule has 0 aliphatic heterocycles. The van der Waals surface area contributed by atoms with Crippen molar-refractivity contribution in [3.8, 4) is 0 Å². The molecular weight excluding hydrogens is 505 g/mol. The first-order valence-corrected chi connectivity index (χ1v) is 15.0. The molecule has 0 aromatic heterocycles. The molecule has 0 radical (unpaired) electrons. The number of benzene rings is 2. The van der Waals surface area contributed by atoms with E-state index in [1.54, 1.807) is 20.8 Å². The molecule has 0 bridgehead atoms. The van der Waals surface area contributed by atoms with Crippen LogP contribution in [0.3, 0.4) is 0 Å². The van der Waals surface area contributed by atoms with E-state index in [9.17, 15) is 21.6 Å². The number of carbonyl (C=O) groups excluding carboxylic acids is 1. The van der Waals surface area contributed by atoms with E-state index >= 15 is 4.39 Å². The van der Waals surface area contributed by atoms with Gasteiger partial charge >= 0.3 is 10.4 Å². The maximum atomic E-state index is 17.3. The number of hydrogen-bond donors (Lipinski definition) is 1. The van der Waals surface area contributed by atoms with Crippen molar-refractivity contribution >= 4 is 25.8 Å². The third-order valence-corrected chi connectivity index (χ3v) is 10.7. The Morgan fingerprint density at radius 1 is 0.833 bits per heavy atom. The molecule has 1 unspecified atom stereocenters. The SMILES string of the molecule is CCCCCCCC(NC(=O)OC(C)(C)C)C(F)(S(=O)(=O)c1ccccc1)S(=O)(=O)c1ccccc1. The van der Waals surface area contributed by atoms with Crippen LogP contribution >= 0.6 is 0 Å². The van der Waals surface area contributed by atoms with E-state index < -0.39 is 51.5 Å². The summed E-state index contributed by atoms with van der Waals surface area (Å²) in [5.41, 5.74) is -0.967. The van der Waals surface area contributed by atoms with E-state index in [-0.39, 0.29) is 6.42 Å². The van der Waals surface area contributed by atoms with Crippen LogP contribution in [-0.2, 0) is 24.4 Å². The number of nitrogens with one attached hydrogen (secondary N) is 1. The summed E-state index contributed by atoms with van der Waals surface area (Å²) in [6.45, 7) is 6.81. The van der Waals surface area contributed by atoms with E-state index in [1.165, 1.54) is 36.4 Å². The van der Waals surface area contributed by atoms with Gasteiger partial charge in [-0.2, -0.15) is 0 Å². The van der Waals surface area contributed by atoms with Crippen molar-refractivity contribution in [3.63, 3.8) is 0 Å². The highest BCUT2D eigenvalue weighted by atomic mass is 32.3. The number of hydrogen-bond acceptors (Lipinski definition) is 6. The quantitative estimate of drug-likeness (QED) is 0.340. The largest absolute Gasteiger partial charge is 0.444 e. The Balaban J connectivity index is 2.68. The van der Waals surface area contributed by atoms with Gasteiger partial charge in [0.15, 0.2) is 0 Å². The van der Waals surface area contributed by atoms with Gasteiger partial charge in [0.1, 0.15) is 5.60 Å². The molecule has 0 fully saturated rings. The molecule has 0 saturated heterocycles. The molecule has 2 aromatic carbocycles. The Bertz CT molecular complexity index is 1120. The van der Waals surface area contributed by atoms with Gasteiger partial charge in [-0.05, 0) is 51.5 Å². The third kappa shape index (κ3) is 6.85. The lowest BCUT2D eigenvalue weighted by Crippen LogP contribution is -2.59. The third-order valence-electron chi connectivity index (χ3n) is 5.54. The topological polar surface area (TPSA) is 107 Å². The first-order valence-electron chi connectivity index (χ1n) is 12.0. The van der Waals surface area contributed by atoms with Gasteiger partial charge < -0.3 is 10.1 Å². The summed E-state index contributed by atoms with van der Waals surface area (Å²) in [5.74, 6) is 0. The highest BCUT2D eigenvalue weighted by Gasteiger charge is 2.63. The van der Waals surface area contributed by atoms with Gasteiger partial charge in [0.05, 0.1) is 15.8 Å². The zero-order chi connectivity index (χ0) is 27.0. The molecule has 2 aromatic rings. The van der Waals surface area contributed by atoms with E-state index in [2.05, 4.69) is 5.32 Å². The lowest BCUT2D eigenvalue weighted by molar-refractivity contribution is 0.0477. The first kappa shape index (κ1) is 29.8. The molecule has 10 heteroatoms. The highest BCUT2D eigenvalue weighted by Crippen LogP contribution is 2.41. The fourth-order valence-electron chi connectivity index (χ4n) is 3.77. The van der Waals surface area contributed by atoms with Crippen molar-refractivity contribution in [1.82, 2.24) is 5.32 Å². The van der Waals surface area contributed by atoms with Crippen molar-refractivity contribution in [3.05, 3.63) is 60.7 Å². The second-order valence-electron chi connectivity index (χ2n) is 9.62. The van der Waals surface area contributed by atoms with Gasteiger partial charge in [-0.1, -0.05) is 75.4 Å². The number of halogens is 1. The minimum atomic E-state index is -5.17. The Kier molecular flexibility index (Phi) is 10.1. The minimum absolute atomic E-state index is 0.225. The highest BCUT2D eigenvalue weighted by molar-refractivity contribution is 8.10. The van der Waals surface area contributed by atoms with Gasteiger partial charge in [0.25, 0.3) is 0 Å². The zero-order valence-corrected chi connectivity index (χ0v) is 22.9. The Morgan fingerprint density at radius 3 is 1.69 bits per heavy atom. The summed E-state index contributed by atoms with van der Waals surface area (Å²) in [5, 5.41) is 2.26. The van der Waals surface area contributed by atoms with E-state index in [1.807, 2.05) is 6.92 Å². The van der Waals surface area contributed by atoms with Gasteiger partial charge in [0.2, 0.25) is 19.7 Å². The molecule has 200 valence electrons. The van der Waals surface area contributed by atoms with Crippen molar-refractivity contribution in [2.45, 2.75) is 92.0 Å². The molecule has 1 atom stereocenters. The second-order valence-corrected chi connectivity index (χ2v) is 14.0. The predicted molar refractivity (Wildman–Crippen MR) is 138 cm³/mol. The first-order chi connectivity index (χ1) is 16.8. The Labute approximate surface area is 214 Å². The molecule has 0 spiro atoms. The van der Waals surface area contributed by atoms with Crippen LogP contribution in [0.25, 0.3) is 0 Å². The summed E-state index contributed by atoms with van der Waals surface area (Å²) in [6.07, 6.45) is 2.29. The molecule has 0 aliphatic rings. The van der Waals surface area contributed by atoms with Crippen LogP contribution in [0.2, 0.25) is 0 Å². The molecule has 2 rings (SSSR count). The second kappa shape index (κ2) is 12.2. The maximum absolute atomic E-state index is 17.3. The van der Waals surface area contributed by atoms with Gasteiger partial charge in [-0.15, -0.1) is 0 Å². The summed E-state index contributed by atoms with van der Waals surface area (Å²) in [6, 6.07) is 11.2. The number of rotatable bonds is 12.